The minimum Gasteiger partial charge on any atom is -0.445 e. The molecule has 0 bridgehead atoms. The molecule has 0 saturated heterocycles. The molecule has 36 heavy (non-hydrogen) atoms. The Morgan fingerprint density at radius 2 is 1.64 bits per heavy atom. The number of anilines is 1. The van der Waals surface area contributed by atoms with Gasteiger partial charge in [-0.15, -0.1) is 0 Å². The Morgan fingerprint density at radius 1 is 1.08 bits per heavy atom. The molecular formula is C24H45N7O5. The first-order valence-corrected chi connectivity index (χ1v) is 12.0. The van der Waals surface area contributed by atoms with Crippen LogP contribution in [0.25, 0.3) is 0 Å². The van der Waals surface area contributed by atoms with Gasteiger partial charge in [-0.1, -0.05) is 32.4 Å². The van der Waals surface area contributed by atoms with E-state index in [0.29, 0.717) is 25.2 Å². The minimum absolute atomic E-state index is 0.135. The van der Waals surface area contributed by atoms with Gasteiger partial charge in [0.1, 0.15) is 12.6 Å². The molecule has 0 radical (unpaired) electrons. The van der Waals surface area contributed by atoms with Gasteiger partial charge < -0.3 is 42.4 Å². The average molecular weight is 512 g/mol. The first kappa shape index (κ1) is 34.9. The van der Waals surface area contributed by atoms with E-state index in [4.69, 9.17) is 15.3 Å². The van der Waals surface area contributed by atoms with Gasteiger partial charge in [0.05, 0.1) is 6.54 Å². The van der Waals surface area contributed by atoms with E-state index >= 15 is 0 Å². The Hall–Kier alpha value is -3.22. The summed E-state index contributed by atoms with van der Waals surface area (Å²) < 4.78 is 5.26. The number of hydrogen-bond donors (Lipinski definition) is 6. The van der Waals surface area contributed by atoms with Gasteiger partial charge in [-0.05, 0) is 51.2 Å². The van der Waals surface area contributed by atoms with Gasteiger partial charge in [-0.3, -0.25) is 14.4 Å². The van der Waals surface area contributed by atoms with Gasteiger partial charge in [0.15, 0.2) is 0 Å². The molecule has 0 heterocycles. The summed E-state index contributed by atoms with van der Waals surface area (Å²) >= 11 is 0. The Kier molecular flexibility index (Phi) is 22.8. The molecule has 206 valence electrons. The second-order valence-electron chi connectivity index (χ2n) is 7.68. The van der Waals surface area contributed by atoms with Crippen LogP contribution in [0.1, 0.15) is 38.7 Å². The van der Waals surface area contributed by atoms with Crippen LogP contribution in [0.3, 0.4) is 0 Å². The summed E-state index contributed by atoms with van der Waals surface area (Å²) in [5, 5.41) is 11.4. The number of hydrogen-bond acceptors (Lipinski definition) is 8. The van der Waals surface area contributed by atoms with Crippen molar-refractivity contribution in [1.29, 1.82) is 0 Å². The maximum Gasteiger partial charge on any atom is 0.409 e. The first-order chi connectivity index (χ1) is 17.2. The molecular weight excluding hydrogens is 466 g/mol. The Labute approximate surface area is 214 Å². The van der Waals surface area contributed by atoms with Crippen molar-refractivity contribution in [3.8, 4) is 0 Å². The van der Waals surface area contributed by atoms with Crippen molar-refractivity contribution in [2.45, 2.75) is 45.8 Å². The van der Waals surface area contributed by atoms with Crippen molar-refractivity contribution < 1.29 is 23.9 Å². The molecule has 1 aromatic carbocycles. The zero-order chi connectivity index (χ0) is 27.8. The Morgan fingerprint density at radius 3 is 2.14 bits per heavy atom. The van der Waals surface area contributed by atoms with Gasteiger partial charge in [-0.25, -0.2) is 4.79 Å². The maximum absolute atomic E-state index is 12.6. The third-order valence-electron chi connectivity index (χ3n) is 4.35. The smallest absolute Gasteiger partial charge is 0.409 e. The monoisotopic (exact) mass is 511 g/mol. The maximum atomic E-state index is 12.6. The molecule has 0 aliphatic heterocycles. The second kappa shape index (κ2) is 23.5. The molecule has 1 aromatic rings. The van der Waals surface area contributed by atoms with Crippen LogP contribution in [0.2, 0.25) is 0 Å². The normalized spacial score (nSPS) is 10.4. The quantitative estimate of drug-likeness (QED) is 0.162. The highest BCUT2D eigenvalue weighted by atomic mass is 16.6. The Balaban J connectivity index is 0. The topological polar surface area (TPSA) is 181 Å². The number of likely N-dealkylation sites (N-methyl/N-ethyl adjacent to an activating group) is 2. The molecule has 0 aliphatic rings. The molecule has 8 N–H and O–H groups in total. The minimum atomic E-state index is -0.664. The number of nitrogens with zero attached hydrogens (tertiary/aromatic N) is 1. The third kappa shape index (κ3) is 18.2. The summed E-state index contributed by atoms with van der Waals surface area (Å²) in [6.45, 7) is 6.18. The van der Waals surface area contributed by atoms with Gasteiger partial charge >= 0.3 is 6.09 Å². The van der Waals surface area contributed by atoms with E-state index in [9.17, 15) is 14.4 Å². The highest BCUT2D eigenvalue weighted by Crippen LogP contribution is 2.12. The van der Waals surface area contributed by atoms with Gasteiger partial charge in [0, 0.05) is 25.8 Å². The van der Waals surface area contributed by atoms with Gasteiger partial charge in [0.25, 0.3) is 0 Å². The van der Waals surface area contributed by atoms with Crippen molar-refractivity contribution in [3.63, 3.8) is 0 Å². The van der Waals surface area contributed by atoms with E-state index in [-0.39, 0.29) is 31.4 Å². The third-order valence-corrected chi connectivity index (χ3v) is 4.35. The number of benzene rings is 1. The van der Waals surface area contributed by atoms with Crippen LogP contribution in [-0.2, 0) is 25.7 Å². The molecule has 4 amide bonds. The summed E-state index contributed by atoms with van der Waals surface area (Å²) in [6.07, 6.45) is 2.32. The van der Waals surface area contributed by atoms with Crippen molar-refractivity contribution in [1.82, 2.24) is 20.9 Å². The standard InChI is InChI=1S/C20H34N6O4.C3H8.CH3NO/c1-22-10-4-5-17(25-18(27)13-21)19(28)24-16-8-6-15(7-9-16)14-30-20(29)26(3)12-11-23-2;1-3-2;2-1-3/h6-9,17,22-23H,4-5,10-14,21H2,1-3H3,(H,24,28)(H,25,27);3H2,1-2H3;1H,(H2,2,3). The van der Waals surface area contributed by atoms with Gasteiger partial charge in [-0.2, -0.15) is 0 Å². The van der Waals surface area contributed by atoms with E-state index in [2.05, 4.69) is 40.8 Å². The summed E-state index contributed by atoms with van der Waals surface area (Å²) in [4.78, 5) is 46.1. The van der Waals surface area contributed by atoms with Crippen LogP contribution in [0.5, 0.6) is 0 Å². The number of rotatable bonds is 13. The van der Waals surface area contributed by atoms with Crippen molar-refractivity contribution >= 4 is 30.0 Å². The highest BCUT2D eigenvalue weighted by Gasteiger charge is 2.20. The predicted molar refractivity (Wildman–Crippen MR) is 142 cm³/mol. The van der Waals surface area contributed by atoms with E-state index in [0.717, 1.165) is 18.5 Å². The van der Waals surface area contributed by atoms with Crippen LogP contribution < -0.4 is 32.7 Å². The number of nitrogens with two attached hydrogens (primary N) is 2. The lowest BCUT2D eigenvalue weighted by atomic mass is 10.1. The van der Waals surface area contributed by atoms with Crippen LogP contribution in [0.4, 0.5) is 10.5 Å². The number of ether oxygens (including phenoxy) is 1. The Bertz CT molecular complexity index is 732. The van der Waals surface area contributed by atoms with E-state index in [1.807, 2.05) is 14.1 Å². The lowest BCUT2D eigenvalue weighted by molar-refractivity contribution is -0.125. The largest absolute Gasteiger partial charge is 0.445 e. The number of amides is 4. The van der Waals surface area contributed by atoms with Crippen LogP contribution in [-0.4, -0.2) is 82.6 Å². The molecule has 12 nitrogen and oxygen atoms in total. The molecule has 0 aromatic heterocycles. The van der Waals surface area contributed by atoms with Crippen LogP contribution in [0.15, 0.2) is 24.3 Å². The van der Waals surface area contributed by atoms with Crippen molar-refractivity contribution in [3.05, 3.63) is 29.8 Å². The van der Waals surface area contributed by atoms with E-state index in [1.54, 1.807) is 31.3 Å². The zero-order valence-corrected chi connectivity index (χ0v) is 22.3. The summed E-state index contributed by atoms with van der Waals surface area (Å²) in [6, 6.07) is 6.32. The molecule has 0 saturated carbocycles. The summed E-state index contributed by atoms with van der Waals surface area (Å²) in [5.41, 5.74) is 10.9. The predicted octanol–water partition coefficient (Wildman–Crippen LogP) is 0.374. The lowest BCUT2D eigenvalue weighted by Gasteiger charge is -2.18. The SMILES string of the molecule is CCC.CNCCCC(NC(=O)CN)C(=O)Nc1ccc(COC(=O)N(C)CCNC)cc1.NC=O. The number of primary amides is 1. The number of nitrogens with one attached hydrogen (secondary N) is 4. The molecule has 0 fully saturated rings. The van der Waals surface area contributed by atoms with Crippen LogP contribution >= 0.6 is 0 Å². The second-order valence-corrected chi connectivity index (χ2v) is 7.68. The number of carbonyl (C=O) groups excluding carboxylic acids is 4. The highest BCUT2D eigenvalue weighted by molar-refractivity contribution is 5.97. The fourth-order valence-corrected chi connectivity index (χ4v) is 2.54. The summed E-state index contributed by atoms with van der Waals surface area (Å²) in [5.74, 6) is -0.685. The first-order valence-electron chi connectivity index (χ1n) is 12.0. The fraction of sp³-hybridized carbons (Fsp3) is 0.583. The number of carbonyl (C=O) groups is 4. The van der Waals surface area contributed by atoms with E-state index < -0.39 is 12.1 Å². The van der Waals surface area contributed by atoms with Crippen molar-refractivity contribution in [2.24, 2.45) is 11.5 Å². The molecule has 1 rings (SSSR count). The van der Waals surface area contributed by atoms with Gasteiger partial charge in [0.2, 0.25) is 18.2 Å². The molecule has 0 aliphatic carbocycles. The average Bonchev–Trinajstić information content (AvgIpc) is 2.86. The molecule has 1 atom stereocenters. The molecule has 1 unspecified atom stereocenters. The van der Waals surface area contributed by atoms with E-state index in [1.165, 1.54) is 11.3 Å². The zero-order valence-electron chi connectivity index (χ0n) is 22.3. The molecule has 12 heteroatoms. The van der Waals surface area contributed by atoms with Crippen molar-refractivity contribution in [2.75, 3.05) is 52.6 Å². The summed E-state index contributed by atoms with van der Waals surface area (Å²) in [7, 11) is 5.32. The lowest BCUT2D eigenvalue weighted by Crippen LogP contribution is -2.46. The molecule has 0 spiro atoms. The fourth-order valence-electron chi connectivity index (χ4n) is 2.54. The van der Waals surface area contributed by atoms with Crippen LogP contribution in [0, 0.1) is 0 Å².